The summed E-state index contributed by atoms with van der Waals surface area (Å²) in [4.78, 5) is 28.4. The lowest BCUT2D eigenvalue weighted by Crippen LogP contribution is -2.33. The predicted molar refractivity (Wildman–Crippen MR) is 75.0 cm³/mol. The number of likely N-dealkylation sites (tertiary alicyclic amines) is 1. The van der Waals surface area contributed by atoms with Crippen LogP contribution >= 0.6 is 0 Å². The number of carbonyl (C=O) groups excluding carboxylic acids is 2. The Morgan fingerprint density at radius 2 is 2.29 bits per heavy atom. The van der Waals surface area contributed by atoms with Crippen LogP contribution in [-0.4, -0.2) is 41.9 Å². The van der Waals surface area contributed by atoms with E-state index in [9.17, 15) is 14.7 Å². The van der Waals surface area contributed by atoms with Crippen molar-refractivity contribution in [2.45, 2.75) is 25.3 Å². The quantitative estimate of drug-likeness (QED) is 0.779. The van der Waals surface area contributed by atoms with E-state index in [0.717, 1.165) is 18.5 Å². The number of rotatable bonds is 6. The van der Waals surface area contributed by atoms with Gasteiger partial charge in [-0.05, 0) is 44.0 Å². The van der Waals surface area contributed by atoms with Crippen molar-refractivity contribution in [3.63, 3.8) is 0 Å². The molecule has 1 aliphatic heterocycles. The predicted octanol–water partition coefficient (Wildman–Crippen LogP) is -0.279. The van der Waals surface area contributed by atoms with Crippen LogP contribution < -0.4 is 10.4 Å². The lowest BCUT2D eigenvalue weighted by Gasteiger charge is -2.25. The first-order valence-corrected chi connectivity index (χ1v) is 7.14. The summed E-state index contributed by atoms with van der Waals surface area (Å²) in [5.41, 5.74) is 1.14. The monoisotopic (exact) mass is 290 g/mol. The molecule has 1 aromatic rings. The van der Waals surface area contributed by atoms with Crippen LogP contribution in [0.25, 0.3) is 0 Å². The molecule has 6 heteroatoms. The molecule has 1 N–H and O–H groups in total. The summed E-state index contributed by atoms with van der Waals surface area (Å²) in [5.74, 6) is -1.12. The van der Waals surface area contributed by atoms with E-state index in [1.807, 2.05) is 18.3 Å². The molecule has 2 atom stereocenters. The summed E-state index contributed by atoms with van der Waals surface area (Å²) < 4.78 is 0. The summed E-state index contributed by atoms with van der Waals surface area (Å²) in [6.07, 6.45) is 4.34. The minimum atomic E-state index is -1.20. The van der Waals surface area contributed by atoms with E-state index in [4.69, 9.17) is 0 Å². The molecule has 2 rings (SSSR count). The third-order valence-corrected chi connectivity index (χ3v) is 3.92. The Labute approximate surface area is 124 Å². The molecular weight excluding hydrogens is 270 g/mol. The standard InChI is InChI=1S/C15H21N3O3/c1-18-8-6-12(10-17-13(19)4-5-14(20)21)15(18)11-3-2-7-16-9-11/h2-3,7,9,12,15H,4-6,8,10H2,1H3,(H,17,19)(H,20,21)/p-1/t12-,15?/m0/s1. The second-order valence-corrected chi connectivity index (χ2v) is 5.44. The Morgan fingerprint density at radius 3 is 2.95 bits per heavy atom. The van der Waals surface area contributed by atoms with Crippen molar-refractivity contribution in [1.29, 1.82) is 0 Å². The van der Waals surface area contributed by atoms with E-state index in [-0.39, 0.29) is 24.8 Å². The topological polar surface area (TPSA) is 85.4 Å². The molecule has 6 nitrogen and oxygen atoms in total. The lowest BCUT2D eigenvalue weighted by molar-refractivity contribution is -0.305. The molecule has 114 valence electrons. The fraction of sp³-hybridized carbons (Fsp3) is 0.533. The molecule has 1 amide bonds. The fourth-order valence-corrected chi connectivity index (χ4v) is 2.87. The van der Waals surface area contributed by atoms with Crippen LogP contribution in [-0.2, 0) is 9.59 Å². The Hall–Kier alpha value is -1.95. The number of amides is 1. The second kappa shape index (κ2) is 7.17. The number of pyridine rings is 1. The number of carboxylic acids is 1. The normalized spacial score (nSPS) is 22.1. The van der Waals surface area contributed by atoms with Gasteiger partial charge in [-0.2, -0.15) is 0 Å². The molecule has 0 saturated carbocycles. The summed E-state index contributed by atoms with van der Waals surface area (Å²) in [6.45, 7) is 1.52. The Bertz CT molecular complexity index is 492. The average molecular weight is 290 g/mol. The van der Waals surface area contributed by atoms with Gasteiger partial charge in [-0.15, -0.1) is 0 Å². The number of nitrogens with one attached hydrogen (secondary N) is 1. The maximum absolute atomic E-state index is 11.6. The first-order chi connectivity index (χ1) is 10.1. The zero-order chi connectivity index (χ0) is 15.2. The Balaban J connectivity index is 1.90. The highest BCUT2D eigenvalue weighted by Crippen LogP contribution is 2.35. The van der Waals surface area contributed by atoms with Crippen molar-refractivity contribution in [3.8, 4) is 0 Å². The van der Waals surface area contributed by atoms with Crippen LogP contribution in [0.4, 0.5) is 0 Å². The number of nitrogens with zero attached hydrogens (tertiary/aromatic N) is 2. The van der Waals surface area contributed by atoms with Gasteiger partial charge in [0.15, 0.2) is 0 Å². The van der Waals surface area contributed by atoms with E-state index in [1.54, 1.807) is 6.20 Å². The van der Waals surface area contributed by atoms with Crippen LogP contribution in [0.15, 0.2) is 24.5 Å². The van der Waals surface area contributed by atoms with Gasteiger partial charge in [-0.25, -0.2) is 0 Å². The molecule has 21 heavy (non-hydrogen) atoms. The molecule has 1 aromatic heterocycles. The van der Waals surface area contributed by atoms with Crippen molar-refractivity contribution in [1.82, 2.24) is 15.2 Å². The third-order valence-electron chi connectivity index (χ3n) is 3.92. The van der Waals surface area contributed by atoms with Crippen LogP contribution in [0.1, 0.15) is 30.9 Å². The van der Waals surface area contributed by atoms with Crippen molar-refractivity contribution in [3.05, 3.63) is 30.1 Å². The minimum Gasteiger partial charge on any atom is -0.550 e. The summed E-state index contributed by atoms with van der Waals surface area (Å²) in [5, 5.41) is 13.2. The summed E-state index contributed by atoms with van der Waals surface area (Å²) in [6, 6.07) is 4.20. The number of aliphatic carboxylic acids is 1. The van der Waals surface area contributed by atoms with Crippen LogP contribution in [0, 0.1) is 5.92 Å². The van der Waals surface area contributed by atoms with Gasteiger partial charge in [0.1, 0.15) is 0 Å². The van der Waals surface area contributed by atoms with Gasteiger partial charge >= 0.3 is 0 Å². The highest BCUT2D eigenvalue weighted by Gasteiger charge is 2.33. The number of hydrogen-bond donors (Lipinski definition) is 1. The molecular formula is C15H20N3O3-. The van der Waals surface area contributed by atoms with E-state index in [2.05, 4.69) is 22.2 Å². The van der Waals surface area contributed by atoms with Crippen LogP contribution in [0.5, 0.6) is 0 Å². The van der Waals surface area contributed by atoms with Gasteiger partial charge < -0.3 is 15.2 Å². The largest absolute Gasteiger partial charge is 0.550 e. The summed E-state index contributed by atoms with van der Waals surface area (Å²) in [7, 11) is 2.07. The SMILES string of the molecule is CN1CC[C@@H](CNC(=O)CCC(=O)[O-])C1c1cccnc1. The van der Waals surface area contributed by atoms with Gasteiger partial charge in [-0.1, -0.05) is 6.07 Å². The number of carbonyl (C=O) groups is 2. The molecule has 0 aromatic carbocycles. The van der Waals surface area contributed by atoms with Crippen molar-refractivity contribution < 1.29 is 14.7 Å². The van der Waals surface area contributed by atoms with Crippen LogP contribution in [0.3, 0.4) is 0 Å². The van der Waals surface area contributed by atoms with Gasteiger partial charge in [0.2, 0.25) is 5.91 Å². The first-order valence-electron chi connectivity index (χ1n) is 7.14. The van der Waals surface area contributed by atoms with Crippen molar-refractivity contribution >= 4 is 11.9 Å². The molecule has 0 bridgehead atoms. The zero-order valence-electron chi connectivity index (χ0n) is 12.1. The van der Waals surface area contributed by atoms with Crippen LogP contribution in [0.2, 0.25) is 0 Å². The second-order valence-electron chi connectivity index (χ2n) is 5.44. The van der Waals surface area contributed by atoms with Gasteiger partial charge in [0.25, 0.3) is 0 Å². The molecule has 1 fully saturated rings. The van der Waals surface area contributed by atoms with Crippen molar-refractivity contribution in [2.24, 2.45) is 5.92 Å². The molecule has 0 radical (unpaired) electrons. The smallest absolute Gasteiger partial charge is 0.220 e. The highest BCUT2D eigenvalue weighted by molar-refractivity contribution is 5.79. The molecule has 1 unspecified atom stereocenters. The van der Waals surface area contributed by atoms with Gasteiger partial charge in [0, 0.05) is 37.4 Å². The molecule has 0 aliphatic carbocycles. The first kappa shape index (κ1) is 15.4. The summed E-state index contributed by atoms with van der Waals surface area (Å²) >= 11 is 0. The number of carboxylic acid groups (broad SMARTS) is 1. The van der Waals surface area contributed by atoms with E-state index >= 15 is 0 Å². The average Bonchev–Trinajstić information content (AvgIpc) is 2.84. The van der Waals surface area contributed by atoms with E-state index in [1.165, 1.54) is 0 Å². The van der Waals surface area contributed by atoms with Gasteiger partial charge in [-0.3, -0.25) is 14.7 Å². The molecule has 2 heterocycles. The Morgan fingerprint density at radius 1 is 1.48 bits per heavy atom. The number of hydrogen-bond acceptors (Lipinski definition) is 5. The minimum absolute atomic E-state index is 0.0253. The maximum atomic E-state index is 11.6. The molecule has 0 spiro atoms. The van der Waals surface area contributed by atoms with E-state index < -0.39 is 5.97 Å². The van der Waals surface area contributed by atoms with Crippen molar-refractivity contribution in [2.75, 3.05) is 20.1 Å². The van der Waals surface area contributed by atoms with E-state index in [0.29, 0.717) is 12.5 Å². The number of aromatic nitrogens is 1. The fourth-order valence-electron chi connectivity index (χ4n) is 2.87. The van der Waals surface area contributed by atoms with Gasteiger partial charge in [0.05, 0.1) is 0 Å². The zero-order valence-corrected chi connectivity index (χ0v) is 12.1. The highest BCUT2D eigenvalue weighted by atomic mass is 16.4. The molecule has 1 aliphatic rings. The third kappa shape index (κ3) is 4.26. The Kier molecular flexibility index (Phi) is 5.27. The maximum Gasteiger partial charge on any atom is 0.220 e. The lowest BCUT2D eigenvalue weighted by atomic mass is 9.94. The molecule has 1 saturated heterocycles.